The van der Waals surface area contributed by atoms with Crippen molar-refractivity contribution >= 4 is 0 Å². The number of fused-ring (bicyclic) bond motifs is 1. The summed E-state index contributed by atoms with van der Waals surface area (Å²) in [6, 6.07) is 18.5. The van der Waals surface area contributed by atoms with Crippen molar-refractivity contribution in [3.63, 3.8) is 0 Å². The number of methoxy groups -OCH3 is 3. The minimum absolute atomic E-state index is 0.00280. The van der Waals surface area contributed by atoms with Crippen LogP contribution in [0.5, 0.6) is 0 Å². The van der Waals surface area contributed by atoms with Crippen molar-refractivity contribution < 1.29 is 23.7 Å². The van der Waals surface area contributed by atoms with Crippen molar-refractivity contribution in [3.05, 3.63) is 71.9 Å². The molecule has 0 bridgehead atoms. The van der Waals surface area contributed by atoms with E-state index >= 15 is 0 Å². The van der Waals surface area contributed by atoms with Crippen LogP contribution in [0.4, 0.5) is 0 Å². The van der Waals surface area contributed by atoms with Crippen LogP contribution in [0.25, 0.3) is 22.6 Å². The fourth-order valence-electron chi connectivity index (χ4n) is 5.19. The number of benzene rings is 2. The first-order valence-corrected chi connectivity index (χ1v) is 12.0. The zero-order chi connectivity index (χ0) is 24.4. The van der Waals surface area contributed by atoms with Crippen molar-refractivity contribution in [3.8, 4) is 22.6 Å². The lowest BCUT2D eigenvalue weighted by Crippen LogP contribution is -2.59. The van der Waals surface area contributed by atoms with E-state index in [0.29, 0.717) is 0 Å². The summed E-state index contributed by atoms with van der Waals surface area (Å²) >= 11 is 0. The quantitative estimate of drug-likeness (QED) is 0.509. The minimum atomic E-state index is -0.527. The van der Waals surface area contributed by atoms with Crippen LogP contribution < -0.4 is 0 Å². The molecular weight excluding hydrogens is 444 g/mol. The molecule has 1 aliphatic heterocycles. The van der Waals surface area contributed by atoms with Gasteiger partial charge in [0.1, 0.15) is 18.3 Å². The molecule has 1 fully saturated rings. The van der Waals surface area contributed by atoms with Crippen molar-refractivity contribution in [1.29, 1.82) is 0 Å². The van der Waals surface area contributed by atoms with Gasteiger partial charge in [0.15, 0.2) is 12.1 Å². The van der Waals surface area contributed by atoms with E-state index < -0.39 is 6.29 Å². The van der Waals surface area contributed by atoms with Crippen molar-refractivity contribution in [2.24, 2.45) is 0 Å². The number of nitrogens with zero attached hydrogens (tertiary/aromatic N) is 2. The van der Waals surface area contributed by atoms with E-state index in [2.05, 4.69) is 23.2 Å². The molecule has 7 nitrogen and oxygen atoms in total. The first kappa shape index (κ1) is 24.0. The zero-order valence-corrected chi connectivity index (χ0v) is 20.6. The molecule has 1 aliphatic carbocycles. The molecule has 1 unspecified atom stereocenters. The van der Waals surface area contributed by atoms with Crippen LogP contribution in [0.3, 0.4) is 0 Å². The Morgan fingerprint density at radius 2 is 1.54 bits per heavy atom. The Hall–Kier alpha value is -2.68. The van der Waals surface area contributed by atoms with Crippen LogP contribution in [-0.2, 0) is 36.5 Å². The third-order valence-electron chi connectivity index (χ3n) is 6.96. The Morgan fingerprint density at radius 1 is 0.800 bits per heavy atom. The highest BCUT2D eigenvalue weighted by Gasteiger charge is 2.47. The van der Waals surface area contributed by atoms with Gasteiger partial charge in [-0.25, -0.2) is 9.97 Å². The third-order valence-corrected chi connectivity index (χ3v) is 6.96. The molecule has 5 rings (SSSR count). The molecule has 6 atom stereocenters. The molecule has 2 heterocycles. The summed E-state index contributed by atoms with van der Waals surface area (Å²) in [5, 5.41) is 0. The monoisotopic (exact) mass is 476 g/mol. The maximum atomic E-state index is 6.45. The molecule has 2 aliphatic rings. The maximum absolute atomic E-state index is 6.45. The van der Waals surface area contributed by atoms with E-state index in [9.17, 15) is 0 Å². The van der Waals surface area contributed by atoms with Gasteiger partial charge in [0, 0.05) is 38.7 Å². The first-order valence-electron chi connectivity index (χ1n) is 12.0. The van der Waals surface area contributed by atoms with Crippen LogP contribution >= 0.6 is 0 Å². The van der Waals surface area contributed by atoms with Crippen LogP contribution in [-0.4, -0.2) is 68.1 Å². The van der Waals surface area contributed by atoms with Gasteiger partial charge < -0.3 is 23.7 Å². The van der Waals surface area contributed by atoms with Crippen LogP contribution in [0, 0.1) is 0 Å². The van der Waals surface area contributed by atoms with Gasteiger partial charge in [-0.05, 0) is 43.0 Å². The lowest BCUT2D eigenvalue weighted by molar-refractivity contribution is -0.314. The average Bonchev–Trinajstić information content (AvgIpc) is 3.30. The summed E-state index contributed by atoms with van der Waals surface area (Å²) in [6.45, 7) is 1.98. The third kappa shape index (κ3) is 4.87. The maximum Gasteiger partial charge on any atom is 0.187 e. The highest BCUT2D eigenvalue weighted by atomic mass is 16.7. The second-order valence-corrected chi connectivity index (χ2v) is 9.09. The molecular formula is C28H32N2O5. The summed E-state index contributed by atoms with van der Waals surface area (Å²) in [5.41, 5.74) is 5.53. The van der Waals surface area contributed by atoms with E-state index in [-0.39, 0.29) is 30.5 Å². The fraction of sp³-hybridized carbons (Fsp3) is 0.429. The van der Waals surface area contributed by atoms with Crippen molar-refractivity contribution in [2.45, 2.75) is 56.6 Å². The normalized spacial score (nSPS) is 28.1. The molecule has 35 heavy (non-hydrogen) atoms. The van der Waals surface area contributed by atoms with Gasteiger partial charge >= 0.3 is 0 Å². The summed E-state index contributed by atoms with van der Waals surface area (Å²) in [5.74, 6) is 0.723. The summed E-state index contributed by atoms with van der Waals surface area (Å²) in [6.07, 6.45) is 1.87. The SMILES string of the molecule is CO[C@@H]1[C@@H](OC)[C@H](C)O[C@@H](OC2Cc3ccc(-c4ccnc(-c5ccccc5)n4)cc3C2)[C@@H]1OC. The van der Waals surface area contributed by atoms with Crippen LogP contribution in [0.2, 0.25) is 0 Å². The first-order chi connectivity index (χ1) is 17.1. The van der Waals surface area contributed by atoms with Gasteiger partial charge in [-0.2, -0.15) is 0 Å². The number of aromatic nitrogens is 2. The predicted molar refractivity (Wildman–Crippen MR) is 132 cm³/mol. The van der Waals surface area contributed by atoms with Gasteiger partial charge in [-0.3, -0.25) is 0 Å². The number of hydrogen-bond acceptors (Lipinski definition) is 7. The molecule has 0 radical (unpaired) electrons. The van der Waals surface area contributed by atoms with E-state index in [0.717, 1.165) is 35.5 Å². The fourth-order valence-corrected chi connectivity index (χ4v) is 5.19. The molecule has 0 spiro atoms. The minimum Gasteiger partial charge on any atom is -0.376 e. The molecule has 3 aromatic rings. The lowest BCUT2D eigenvalue weighted by Gasteiger charge is -2.44. The van der Waals surface area contributed by atoms with E-state index in [1.807, 2.05) is 49.5 Å². The highest BCUT2D eigenvalue weighted by molar-refractivity contribution is 5.65. The Labute approximate surface area is 206 Å². The summed E-state index contributed by atoms with van der Waals surface area (Å²) in [4.78, 5) is 9.26. The molecule has 0 saturated carbocycles. The molecule has 2 aromatic carbocycles. The Kier molecular flexibility index (Phi) is 7.22. The molecule has 184 valence electrons. The van der Waals surface area contributed by atoms with E-state index in [1.165, 1.54) is 11.1 Å². The largest absolute Gasteiger partial charge is 0.376 e. The van der Waals surface area contributed by atoms with E-state index in [4.69, 9.17) is 28.7 Å². The van der Waals surface area contributed by atoms with Gasteiger partial charge in [0.2, 0.25) is 0 Å². The smallest absolute Gasteiger partial charge is 0.187 e. The van der Waals surface area contributed by atoms with Crippen LogP contribution in [0.15, 0.2) is 60.8 Å². The van der Waals surface area contributed by atoms with Gasteiger partial charge in [0.25, 0.3) is 0 Å². The molecule has 0 N–H and O–H groups in total. The lowest BCUT2D eigenvalue weighted by atomic mass is 9.99. The van der Waals surface area contributed by atoms with E-state index in [1.54, 1.807) is 21.3 Å². The number of ether oxygens (including phenoxy) is 5. The second kappa shape index (κ2) is 10.5. The molecule has 1 aromatic heterocycles. The Morgan fingerprint density at radius 3 is 2.29 bits per heavy atom. The topological polar surface area (TPSA) is 71.9 Å². The standard InChI is InChI=1S/C28H32N2O5/c1-17-24(31-2)25(32-3)26(33-4)28(34-17)35-22-15-19-10-11-20(14-21(19)16-22)23-12-13-29-27(30-23)18-8-6-5-7-9-18/h5-14,17,22,24-26,28H,15-16H2,1-4H3/t17-,22?,24-,25+,26+,28-/m0/s1. The number of rotatable bonds is 7. The highest BCUT2D eigenvalue weighted by Crippen LogP contribution is 2.33. The Bertz CT molecular complexity index is 1140. The predicted octanol–water partition coefficient (Wildman–Crippen LogP) is 4.08. The number of hydrogen-bond donors (Lipinski definition) is 0. The van der Waals surface area contributed by atoms with Gasteiger partial charge in [0.05, 0.1) is 17.9 Å². The summed E-state index contributed by atoms with van der Waals surface area (Å²) in [7, 11) is 4.98. The van der Waals surface area contributed by atoms with Crippen molar-refractivity contribution in [1.82, 2.24) is 9.97 Å². The Balaban J connectivity index is 1.31. The molecule has 1 saturated heterocycles. The van der Waals surface area contributed by atoms with Gasteiger partial charge in [-0.1, -0.05) is 42.5 Å². The molecule has 7 heteroatoms. The van der Waals surface area contributed by atoms with Crippen molar-refractivity contribution in [2.75, 3.05) is 21.3 Å². The van der Waals surface area contributed by atoms with Crippen LogP contribution in [0.1, 0.15) is 18.1 Å². The average molecular weight is 477 g/mol. The second-order valence-electron chi connectivity index (χ2n) is 9.09. The zero-order valence-electron chi connectivity index (χ0n) is 20.6. The molecule has 0 amide bonds. The van der Waals surface area contributed by atoms with Gasteiger partial charge in [-0.15, -0.1) is 0 Å². The summed E-state index contributed by atoms with van der Waals surface area (Å²) < 4.78 is 29.7.